The number of sulfonamides is 1. The lowest BCUT2D eigenvalue weighted by molar-refractivity contribution is -0.140. The molecule has 4 rings (SSSR count). The van der Waals surface area contributed by atoms with Crippen LogP contribution in [0.25, 0.3) is 0 Å². The second-order valence-electron chi connectivity index (χ2n) is 11.2. The van der Waals surface area contributed by atoms with Gasteiger partial charge in [-0.2, -0.15) is 0 Å². The highest BCUT2D eigenvalue weighted by molar-refractivity contribution is 7.92. The van der Waals surface area contributed by atoms with Crippen LogP contribution in [0.2, 0.25) is 5.02 Å². The van der Waals surface area contributed by atoms with Gasteiger partial charge in [-0.3, -0.25) is 13.9 Å². The van der Waals surface area contributed by atoms with Crippen LogP contribution in [0.1, 0.15) is 42.5 Å². The second-order valence-corrected chi connectivity index (χ2v) is 13.5. The Hall–Kier alpha value is -4.14. The maximum Gasteiger partial charge on any atom is 0.264 e. The first-order chi connectivity index (χ1) is 21.5. The first-order valence-corrected chi connectivity index (χ1v) is 16.8. The van der Waals surface area contributed by atoms with Gasteiger partial charge in [0.2, 0.25) is 11.8 Å². The Morgan fingerprint density at radius 1 is 0.844 bits per heavy atom. The third-order valence-electron chi connectivity index (χ3n) is 7.93. The van der Waals surface area contributed by atoms with Gasteiger partial charge in [0.05, 0.1) is 10.6 Å². The molecule has 7 nitrogen and oxygen atoms in total. The monoisotopic (exact) mass is 645 g/mol. The third-order valence-corrected chi connectivity index (χ3v) is 10.1. The van der Waals surface area contributed by atoms with Crippen molar-refractivity contribution in [2.45, 2.75) is 64.1 Å². The summed E-state index contributed by atoms with van der Waals surface area (Å²) < 4.78 is 29.3. The summed E-state index contributed by atoms with van der Waals surface area (Å²) >= 11 is 6.45. The number of anilines is 1. The van der Waals surface area contributed by atoms with E-state index in [9.17, 15) is 18.0 Å². The van der Waals surface area contributed by atoms with Gasteiger partial charge in [-0.05, 0) is 73.7 Å². The zero-order chi connectivity index (χ0) is 32.6. The SMILES string of the molecule is CCC(C)NC(=O)C(Cc1ccccc1)N(Cc1ccccc1C)C(=O)CN(c1ccc(C)c(Cl)c1)S(=O)(=O)c1ccccc1. The van der Waals surface area contributed by atoms with Crippen LogP contribution >= 0.6 is 11.6 Å². The molecule has 0 saturated heterocycles. The van der Waals surface area contributed by atoms with E-state index in [1.54, 1.807) is 36.4 Å². The zero-order valence-electron chi connectivity index (χ0n) is 26.1. The molecule has 2 amide bonds. The molecular formula is C36H40ClN3O4S. The molecule has 236 valence electrons. The average molecular weight is 646 g/mol. The highest BCUT2D eigenvalue weighted by atomic mass is 35.5. The molecule has 9 heteroatoms. The Morgan fingerprint density at radius 3 is 2.09 bits per heavy atom. The molecule has 0 aliphatic rings. The van der Waals surface area contributed by atoms with E-state index in [4.69, 9.17) is 11.6 Å². The lowest BCUT2D eigenvalue weighted by Crippen LogP contribution is -2.54. The van der Waals surface area contributed by atoms with Crippen molar-refractivity contribution in [1.82, 2.24) is 10.2 Å². The van der Waals surface area contributed by atoms with Crippen LogP contribution in [0.4, 0.5) is 5.69 Å². The van der Waals surface area contributed by atoms with Crippen molar-refractivity contribution in [2.24, 2.45) is 0 Å². The normalized spacial score (nSPS) is 12.6. The van der Waals surface area contributed by atoms with Crippen LogP contribution in [-0.2, 0) is 32.6 Å². The van der Waals surface area contributed by atoms with E-state index in [1.165, 1.54) is 17.0 Å². The molecule has 1 N–H and O–H groups in total. The van der Waals surface area contributed by atoms with Gasteiger partial charge >= 0.3 is 0 Å². The number of carbonyl (C=O) groups excluding carboxylic acids is 2. The Kier molecular flexibility index (Phi) is 11.4. The van der Waals surface area contributed by atoms with Crippen LogP contribution in [0.5, 0.6) is 0 Å². The predicted octanol–water partition coefficient (Wildman–Crippen LogP) is 6.71. The molecule has 4 aromatic carbocycles. The Labute approximate surface area is 271 Å². The van der Waals surface area contributed by atoms with Gasteiger partial charge in [-0.1, -0.05) is 97.4 Å². The molecule has 2 atom stereocenters. The summed E-state index contributed by atoms with van der Waals surface area (Å²) in [5.74, 6) is -0.819. The first-order valence-electron chi connectivity index (χ1n) is 15.0. The number of hydrogen-bond acceptors (Lipinski definition) is 4. The number of halogens is 1. The van der Waals surface area contributed by atoms with Gasteiger partial charge in [0.25, 0.3) is 10.0 Å². The number of rotatable bonds is 13. The zero-order valence-corrected chi connectivity index (χ0v) is 27.7. The summed E-state index contributed by atoms with van der Waals surface area (Å²) in [7, 11) is -4.19. The van der Waals surface area contributed by atoms with Gasteiger partial charge < -0.3 is 10.2 Å². The van der Waals surface area contributed by atoms with Crippen LogP contribution in [0, 0.1) is 13.8 Å². The van der Waals surface area contributed by atoms with E-state index in [1.807, 2.05) is 82.3 Å². The van der Waals surface area contributed by atoms with Crippen molar-refractivity contribution in [3.8, 4) is 0 Å². The molecule has 0 bridgehead atoms. The molecule has 0 heterocycles. The standard InChI is InChI=1S/C36H40ClN3O4S/c1-5-28(4)38-36(42)34(22-29-15-8-6-9-16-29)39(24-30-17-13-12-14-26(30)2)35(41)25-40(31-21-20-27(3)33(37)23-31)45(43,44)32-18-10-7-11-19-32/h6-21,23,28,34H,5,22,24-25H2,1-4H3,(H,38,42). The van der Waals surface area contributed by atoms with Crippen molar-refractivity contribution >= 4 is 39.1 Å². The van der Waals surface area contributed by atoms with E-state index in [0.717, 1.165) is 26.6 Å². The van der Waals surface area contributed by atoms with Gasteiger partial charge in [0.15, 0.2) is 0 Å². The molecular weight excluding hydrogens is 606 g/mol. The first kappa shape index (κ1) is 33.7. The van der Waals surface area contributed by atoms with Gasteiger partial charge in [0, 0.05) is 24.0 Å². The Balaban J connectivity index is 1.83. The van der Waals surface area contributed by atoms with E-state index >= 15 is 0 Å². The Bertz CT molecular complexity index is 1720. The summed E-state index contributed by atoms with van der Waals surface area (Å²) in [5, 5.41) is 3.43. The Morgan fingerprint density at radius 2 is 1.47 bits per heavy atom. The minimum absolute atomic E-state index is 0.0373. The molecule has 45 heavy (non-hydrogen) atoms. The average Bonchev–Trinajstić information content (AvgIpc) is 3.04. The summed E-state index contributed by atoms with van der Waals surface area (Å²) in [5.41, 5.74) is 3.71. The van der Waals surface area contributed by atoms with Gasteiger partial charge in [-0.25, -0.2) is 8.42 Å². The largest absolute Gasteiger partial charge is 0.352 e. The fourth-order valence-electron chi connectivity index (χ4n) is 4.95. The number of benzene rings is 4. The predicted molar refractivity (Wildman–Crippen MR) is 181 cm³/mol. The highest BCUT2D eigenvalue weighted by Gasteiger charge is 2.35. The molecule has 0 radical (unpaired) electrons. The molecule has 4 aromatic rings. The van der Waals surface area contributed by atoms with Gasteiger partial charge in [-0.15, -0.1) is 0 Å². The number of hydrogen-bond donors (Lipinski definition) is 1. The molecule has 0 fully saturated rings. The van der Waals surface area contributed by atoms with Crippen molar-refractivity contribution in [3.05, 3.63) is 130 Å². The molecule has 0 spiro atoms. The fourth-order valence-corrected chi connectivity index (χ4v) is 6.55. The summed E-state index contributed by atoms with van der Waals surface area (Å²) in [6, 6.07) is 29.0. The van der Waals surface area contributed by atoms with E-state index in [2.05, 4.69) is 5.32 Å². The quantitative estimate of drug-likeness (QED) is 0.175. The second kappa shape index (κ2) is 15.2. The molecule has 0 aromatic heterocycles. The van der Waals surface area contributed by atoms with Crippen LogP contribution in [0.15, 0.2) is 108 Å². The van der Waals surface area contributed by atoms with E-state index in [-0.39, 0.29) is 35.5 Å². The molecule has 0 saturated carbocycles. The molecule has 0 aliphatic heterocycles. The smallest absolute Gasteiger partial charge is 0.264 e. The molecule has 2 unspecified atom stereocenters. The minimum atomic E-state index is -4.19. The van der Waals surface area contributed by atoms with Crippen LogP contribution in [-0.4, -0.2) is 43.8 Å². The van der Waals surface area contributed by atoms with Crippen LogP contribution < -0.4 is 9.62 Å². The lowest BCUT2D eigenvalue weighted by atomic mass is 10.0. The molecule has 0 aliphatic carbocycles. The summed E-state index contributed by atoms with van der Waals surface area (Å²) in [6.45, 7) is 7.24. The van der Waals surface area contributed by atoms with Crippen molar-refractivity contribution in [3.63, 3.8) is 0 Å². The maximum absolute atomic E-state index is 14.6. The van der Waals surface area contributed by atoms with Crippen molar-refractivity contribution in [1.29, 1.82) is 0 Å². The van der Waals surface area contributed by atoms with E-state index in [0.29, 0.717) is 11.4 Å². The third kappa shape index (κ3) is 8.53. The number of nitrogens with zero attached hydrogens (tertiary/aromatic N) is 2. The summed E-state index contributed by atoms with van der Waals surface area (Å²) in [4.78, 5) is 30.1. The number of nitrogens with one attached hydrogen (secondary N) is 1. The van der Waals surface area contributed by atoms with Crippen molar-refractivity contribution in [2.75, 3.05) is 10.8 Å². The fraction of sp³-hybridized carbons (Fsp3) is 0.278. The van der Waals surface area contributed by atoms with Gasteiger partial charge in [0.1, 0.15) is 12.6 Å². The van der Waals surface area contributed by atoms with Crippen molar-refractivity contribution < 1.29 is 18.0 Å². The maximum atomic E-state index is 14.6. The minimum Gasteiger partial charge on any atom is -0.352 e. The topological polar surface area (TPSA) is 86.8 Å². The lowest BCUT2D eigenvalue weighted by Gasteiger charge is -2.34. The highest BCUT2D eigenvalue weighted by Crippen LogP contribution is 2.29. The summed E-state index contributed by atoms with van der Waals surface area (Å²) in [6.07, 6.45) is 0.968. The number of carbonyl (C=O) groups is 2. The van der Waals surface area contributed by atoms with E-state index < -0.39 is 28.5 Å². The van der Waals surface area contributed by atoms with Crippen LogP contribution in [0.3, 0.4) is 0 Å². The number of amides is 2. The number of aryl methyl sites for hydroxylation is 2.